The lowest BCUT2D eigenvalue weighted by Gasteiger charge is -2.19. The first-order valence-corrected chi connectivity index (χ1v) is 9.35. The Morgan fingerprint density at radius 3 is 2.50 bits per heavy atom. The van der Waals surface area contributed by atoms with E-state index < -0.39 is 6.04 Å². The topological polar surface area (TPSA) is 58.6 Å². The van der Waals surface area contributed by atoms with Gasteiger partial charge in [-0.25, -0.2) is 0 Å². The molecular formula is C24H19ClN2O. The summed E-state index contributed by atoms with van der Waals surface area (Å²) in [5, 5.41) is 13.4. The van der Waals surface area contributed by atoms with Crippen LogP contribution in [0.3, 0.4) is 0 Å². The molecule has 0 bridgehead atoms. The van der Waals surface area contributed by atoms with Crippen LogP contribution in [0.4, 0.5) is 5.69 Å². The number of nitrogens with two attached hydrogens (primary N) is 1. The standard InChI is InChI=1S/C24H19ClN2O/c25-18-8-5-6-16(14-18)15-27-24(20-10-3-4-11-21(20)26)23-19-9-2-1-7-17(19)12-13-22(23)28/h1-15,24,28H,26H2. The third-order valence-corrected chi connectivity index (χ3v) is 4.97. The predicted molar refractivity (Wildman–Crippen MR) is 117 cm³/mol. The van der Waals surface area contributed by atoms with Gasteiger partial charge in [0.15, 0.2) is 0 Å². The van der Waals surface area contributed by atoms with E-state index in [2.05, 4.69) is 0 Å². The largest absolute Gasteiger partial charge is 0.508 e. The van der Waals surface area contributed by atoms with Crippen LogP contribution in [0.25, 0.3) is 10.8 Å². The Morgan fingerprint density at radius 1 is 0.893 bits per heavy atom. The number of anilines is 1. The monoisotopic (exact) mass is 386 g/mol. The highest BCUT2D eigenvalue weighted by atomic mass is 35.5. The number of halogens is 1. The van der Waals surface area contributed by atoms with E-state index in [-0.39, 0.29) is 5.75 Å². The number of benzene rings is 4. The van der Waals surface area contributed by atoms with Gasteiger partial charge in [0.05, 0.1) is 0 Å². The van der Waals surface area contributed by atoms with E-state index >= 15 is 0 Å². The number of hydrogen-bond donors (Lipinski definition) is 2. The quantitative estimate of drug-likeness (QED) is 0.334. The van der Waals surface area contributed by atoms with E-state index in [9.17, 15) is 5.11 Å². The van der Waals surface area contributed by atoms with Gasteiger partial charge in [0.1, 0.15) is 11.8 Å². The van der Waals surface area contributed by atoms with Crippen molar-refractivity contribution >= 4 is 34.3 Å². The molecule has 0 saturated heterocycles. The van der Waals surface area contributed by atoms with Crippen molar-refractivity contribution in [3.63, 3.8) is 0 Å². The average Bonchev–Trinajstić information content (AvgIpc) is 2.70. The van der Waals surface area contributed by atoms with Gasteiger partial charge >= 0.3 is 0 Å². The minimum atomic E-state index is -0.453. The number of phenols is 1. The maximum Gasteiger partial charge on any atom is 0.121 e. The Bertz CT molecular complexity index is 1170. The molecule has 0 aliphatic heterocycles. The zero-order valence-corrected chi connectivity index (χ0v) is 15.8. The third-order valence-electron chi connectivity index (χ3n) is 4.73. The van der Waals surface area contributed by atoms with Crippen molar-refractivity contribution in [1.82, 2.24) is 0 Å². The SMILES string of the molecule is Nc1ccccc1C(N=Cc1cccc(Cl)c1)c1c(O)ccc2ccccc12. The van der Waals surface area contributed by atoms with Crippen LogP contribution in [0.5, 0.6) is 5.75 Å². The molecule has 28 heavy (non-hydrogen) atoms. The van der Waals surface area contributed by atoms with Crippen molar-refractivity contribution in [2.24, 2.45) is 4.99 Å². The molecule has 0 aromatic heterocycles. The van der Waals surface area contributed by atoms with Gasteiger partial charge < -0.3 is 10.8 Å². The van der Waals surface area contributed by atoms with Crippen LogP contribution < -0.4 is 5.73 Å². The number of hydrogen-bond acceptors (Lipinski definition) is 3. The Kier molecular flexibility index (Phi) is 5.00. The first kappa shape index (κ1) is 18.1. The number of aliphatic imine (C=N–C) groups is 1. The van der Waals surface area contributed by atoms with Gasteiger partial charge in [-0.1, -0.05) is 72.3 Å². The molecule has 0 radical (unpaired) electrons. The highest BCUT2D eigenvalue weighted by Gasteiger charge is 2.21. The number of rotatable bonds is 4. The van der Waals surface area contributed by atoms with E-state index in [1.54, 1.807) is 12.3 Å². The summed E-state index contributed by atoms with van der Waals surface area (Å²) in [6, 6.07) is 26.2. The van der Waals surface area contributed by atoms with Crippen LogP contribution in [-0.4, -0.2) is 11.3 Å². The second-order valence-electron chi connectivity index (χ2n) is 6.58. The van der Waals surface area contributed by atoms with Gasteiger partial charge in [0.2, 0.25) is 0 Å². The summed E-state index contributed by atoms with van der Waals surface area (Å²) >= 11 is 6.10. The summed E-state index contributed by atoms with van der Waals surface area (Å²) in [6.07, 6.45) is 1.77. The number of aromatic hydroxyl groups is 1. The van der Waals surface area contributed by atoms with Crippen molar-refractivity contribution in [1.29, 1.82) is 0 Å². The van der Waals surface area contributed by atoms with Crippen LogP contribution in [0, 0.1) is 0 Å². The summed E-state index contributed by atoms with van der Waals surface area (Å²) in [5.74, 6) is 0.190. The lowest BCUT2D eigenvalue weighted by Crippen LogP contribution is -2.04. The van der Waals surface area contributed by atoms with Crippen LogP contribution in [0.2, 0.25) is 5.02 Å². The molecule has 4 aromatic rings. The van der Waals surface area contributed by atoms with E-state index in [4.69, 9.17) is 22.3 Å². The molecule has 0 heterocycles. The summed E-state index contributed by atoms with van der Waals surface area (Å²) < 4.78 is 0. The lowest BCUT2D eigenvalue weighted by atomic mass is 9.92. The molecule has 3 N–H and O–H groups in total. The van der Waals surface area contributed by atoms with Crippen molar-refractivity contribution in [3.05, 3.63) is 107 Å². The lowest BCUT2D eigenvalue weighted by molar-refractivity contribution is 0.467. The highest BCUT2D eigenvalue weighted by molar-refractivity contribution is 6.30. The van der Waals surface area contributed by atoms with E-state index in [1.807, 2.05) is 78.9 Å². The zero-order valence-electron chi connectivity index (χ0n) is 15.1. The van der Waals surface area contributed by atoms with Crippen LogP contribution >= 0.6 is 11.6 Å². The summed E-state index contributed by atoms with van der Waals surface area (Å²) in [4.78, 5) is 4.82. The first-order chi connectivity index (χ1) is 13.6. The highest BCUT2D eigenvalue weighted by Crippen LogP contribution is 2.39. The van der Waals surface area contributed by atoms with Crippen molar-refractivity contribution < 1.29 is 5.11 Å². The molecule has 1 atom stereocenters. The fourth-order valence-corrected chi connectivity index (χ4v) is 3.59. The van der Waals surface area contributed by atoms with Gasteiger partial charge in [-0.15, -0.1) is 0 Å². The minimum absolute atomic E-state index is 0.190. The summed E-state index contributed by atoms with van der Waals surface area (Å²) in [5.41, 5.74) is 9.35. The molecule has 0 spiro atoms. The van der Waals surface area contributed by atoms with Crippen LogP contribution in [0.15, 0.2) is 89.9 Å². The first-order valence-electron chi connectivity index (χ1n) is 8.97. The molecule has 138 valence electrons. The molecule has 4 heteroatoms. The Hall–Kier alpha value is -3.30. The smallest absolute Gasteiger partial charge is 0.121 e. The summed E-state index contributed by atoms with van der Waals surface area (Å²) in [6.45, 7) is 0. The molecule has 3 nitrogen and oxygen atoms in total. The third kappa shape index (κ3) is 3.57. The molecule has 1 unspecified atom stereocenters. The maximum atomic E-state index is 10.7. The summed E-state index contributed by atoms with van der Waals surface area (Å²) in [7, 11) is 0. The van der Waals surface area contributed by atoms with Crippen molar-refractivity contribution in [2.75, 3.05) is 5.73 Å². The van der Waals surface area contributed by atoms with Gasteiger partial charge in [-0.2, -0.15) is 0 Å². The zero-order chi connectivity index (χ0) is 19.5. The molecule has 0 saturated carbocycles. The maximum absolute atomic E-state index is 10.7. The van der Waals surface area contributed by atoms with Gasteiger partial charge in [-0.3, -0.25) is 4.99 Å². The molecule has 0 aliphatic rings. The molecular weight excluding hydrogens is 368 g/mol. The van der Waals surface area contributed by atoms with E-state index in [0.717, 1.165) is 27.5 Å². The van der Waals surface area contributed by atoms with Gasteiger partial charge in [-0.05, 0) is 40.6 Å². The number of para-hydroxylation sites is 1. The number of phenolic OH excluding ortho intramolecular Hbond substituents is 1. The molecule has 0 amide bonds. The van der Waals surface area contributed by atoms with E-state index in [1.165, 1.54) is 0 Å². The second kappa shape index (κ2) is 7.75. The number of nitrogen functional groups attached to an aromatic ring is 1. The molecule has 0 aliphatic carbocycles. The van der Waals surface area contributed by atoms with Crippen LogP contribution in [0.1, 0.15) is 22.7 Å². The van der Waals surface area contributed by atoms with Crippen LogP contribution in [-0.2, 0) is 0 Å². The average molecular weight is 387 g/mol. The Morgan fingerprint density at radius 2 is 1.68 bits per heavy atom. The van der Waals surface area contributed by atoms with Crippen molar-refractivity contribution in [3.8, 4) is 5.75 Å². The number of fused-ring (bicyclic) bond motifs is 1. The normalized spacial score (nSPS) is 12.5. The predicted octanol–water partition coefficient (Wildman–Crippen LogP) is 5.99. The second-order valence-corrected chi connectivity index (χ2v) is 7.02. The van der Waals surface area contributed by atoms with Gasteiger partial charge in [0.25, 0.3) is 0 Å². The molecule has 4 aromatic carbocycles. The van der Waals surface area contributed by atoms with E-state index in [0.29, 0.717) is 10.7 Å². The molecule has 4 rings (SSSR count). The number of nitrogens with zero attached hydrogens (tertiary/aromatic N) is 1. The Labute approximate surface area is 168 Å². The fourth-order valence-electron chi connectivity index (χ4n) is 3.39. The van der Waals surface area contributed by atoms with Crippen molar-refractivity contribution in [2.45, 2.75) is 6.04 Å². The fraction of sp³-hybridized carbons (Fsp3) is 0.0417. The minimum Gasteiger partial charge on any atom is -0.508 e. The molecule has 0 fully saturated rings. The Balaban J connectivity index is 1.92. The van der Waals surface area contributed by atoms with Gasteiger partial charge in [0, 0.05) is 28.1 Å².